The lowest BCUT2D eigenvalue weighted by Gasteiger charge is -2.31. The molecular formula is C12H17ClN2O2S. The van der Waals surface area contributed by atoms with Crippen molar-refractivity contribution in [1.29, 1.82) is 0 Å². The Morgan fingerprint density at radius 3 is 2.78 bits per heavy atom. The fourth-order valence-electron chi connectivity index (χ4n) is 2.07. The molecule has 0 spiro atoms. The number of nitrogens with one attached hydrogen (secondary N) is 1. The van der Waals surface area contributed by atoms with Crippen LogP contribution in [0.25, 0.3) is 0 Å². The SMILES string of the molecule is Cc1ccc(S(=O)(=O)N2CCNC(C)C2)c(Cl)c1. The molecular weight excluding hydrogens is 272 g/mol. The van der Waals surface area contributed by atoms with Gasteiger partial charge in [0.2, 0.25) is 10.0 Å². The van der Waals surface area contributed by atoms with Crippen molar-refractivity contribution in [1.82, 2.24) is 9.62 Å². The molecule has 1 aliphatic heterocycles. The first-order chi connectivity index (χ1) is 8.41. The van der Waals surface area contributed by atoms with E-state index < -0.39 is 10.0 Å². The highest BCUT2D eigenvalue weighted by molar-refractivity contribution is 7.89. The molecule has 1 N–H and O–H groups in total. The molecule has 1 aliphatic rings. The molecule has 1 heterocycles. The van der Waals surface area contributed by atoms with Crippen LogP contribution in [0.5, 0.6) is 0 Å². The van der Waals surface area contributed by atoms with Crippen LogP contribution in [0.15, 0.2) is 23.1 Å². The predicted molar refractivity (Wildman–Crippen MR) is 72.4 cm³/mol. The van der Waals surface area contributed by atoms with Crippen LogP contribution in [-0.2, 0) is 10.0 Å². The monoisotopic (exact) mass is 288 g/mol. The molecule has 100 valence electrons. The molecule has 0 bridgehead atoms. The molecule has 0 radical (unpaired) electrons. The van der Waals surface area contributed by atoms with E-state index in [1.807, 2.05) is 13.8 Å². The van der Waals surface area contributed by atoms with Crippen molar-refractivity contribution in [3.8, 4) is 0 Å². The number of piperazine rings is 1. The van der Waals surface area contributed by atoms with Gasteiger partial charge in [0, 0.05) is 25.7 Å². The van der Waals surface area contributed by atoms with Crippen molar-refractivity contribution in [2.24, 2.45) is 0 Å². The minimum Gasteiger partial charge on any atom is -0.312 e. The van der Waals surface area contributed by atoms with Gasteiger partial charge in [-0.2, -0.15) is 4.31 Å². The summed E-state index contributed by atoms with van der Waals surface area (Å²) in [6.45, 7) is 5.49. The molecule has 1 unspecified atom stereocenters. The first kappa shape index (κ1) is 13.8. The van der Waals surface area contributed by atoms with Crippen molar-refractivity contribution in [2.45, 2.75) is 24.8 Å². The van der Waals surface area contributed by atoms with Gasteiger partial charge in [-0.05, 0) is 31.5 Å². The normalized spacial score (nSPS) is 22.1. The predicted octanol–water partition coefficient (Wildman–Crippen LogP) is 1.63. The summed E-state index contributed by atoms with van der Waals surface area (Å²) < 4.78 is 26.4. The van der Waals surface area contributed by atoms with E-state index in [1.165, 1.54) is 4.31 Å². The number of benzene rings is 1. The van der Waals surface area contributed by atoms with Crippen LogP contribution in [0.2, 0.25) is 5.02 Å². The van der Waals surface area contributed by atoms with Crippen molar-refractivity contribution in [3.05, 3.63) is 28.8 Å². The number of aryl methyl sites for hydroxylation is 1. The van der Waals surface area contributed by atoms with Crippen LogP contribution in [-0.4, -0.2) is 38.4 Å². The van der Waals surface area contributed by atoms with Crippen LogP contribution >= 0.6 is 11.6 Å². The first-order valence-corrected chi connectivity index (χ1v) is 7.73. The van der Waals surface area contributed by atoms with Gasteiger partial charge in [0.25, 0.3) is 0 Å². The summed E-state index contributed by atoms with van der Waals surface area (Å²) in [5, 5.41) is 3.51. The molecule has 0 aliphatic carbocycles. The molecule has 0 amide bonds. The number of hydrogen-bond donors (Lipinski definition) is 1. The Labute approximate surface area is 113 Å². The third-order valence-corrected chi connectivity index (χ3v) is 5.38. The quantitative estimate of drug-likeness (QED) is 0.900. The molecule has 6 heteroatoms. The zero-order valence-corrected chi connectivity index (χ0v) is 12.1. The lowest BCUT2D eigenvalue weighted by molar-refractivity contribution is 0.310. The smallest absolute Gasteiger partial charge is 0.244 e. The average molecular weight is 289 g/mol. The van der Waals surface area contributed by atoms with Crippen molar-refractivity contribution >= 4 is 21.6 Å². The second-order valence-corrected chi connectivity index (χ2v) is 6.97. The number of halogens is 1. The van der Waals surface area contributed by atoms with E-state index in [0.29, 0.717) is 24.7 Å². The summed E-state index contributed by atoms with van der Waals surface area (Å²) in [5.41, 5.74) is 0.952. The Hall–Kier alpha value is -0.620. The minimum absolute atomic E-state index is 0.165. The van der Waals surface area contributed by atoms with Crippen LogP contribution < -0.4 is 5.32 Å². The number of nitrogens with zero attached hydrogens (tertiary/aromatic N) is 1. The van der Waals surface area contributed by atoms with Gasteiger partial charge >= 0.3 is 0 Å². The van der Waals surface area contributed by atoms with Gasteiger partial charge in [0.1, 0.15) is 4.90 Å². The van der Waals surface area contributed by atoms with Crippen molar-refractivity contribution < 1.29 is 8.42 Å². The summed E-state index contributed by atoms with van der Waals surface area (Å²) in [6.07, 6.45) is 0. The maximum atomic E-state index is 12.5. The number of rotatable bonds is 2. The van der Waals surface area contributed by atoms with E-state index >= 15 is 0 Å². The van der Waals surface area contributed by atoms with Crippen LogP contribution in [0.1, 0.15) is 12.5 Å². The Morgan fingerprint density at radius 1 is 1.44 bits per heavy atom. The first-order valence-electron chi connectivity index (χ1n) is 5.91. The van der Waals surface area contributed by atoms with Crippen molar-refractivity contribution in [2.75, 3.05) is 19.6 Å². The zero-order chi connectivity index (χ0) is 13.3. The van der Waals surface area contributed by atoms with E-state index in [9.17, 15) is 8.42 Å². The third-order valence-electron chi connectivity index (χ3n) is 3.04. The summed E-state index contributed by atoms with van der Waals surface area (Å²) in [4.78, 5) is 0.198. The second kappa shape index (κ2) is 5.17. The molecule has 1 fully saturated rings. The lowest BCUT2D eigenvalue weighted by atomic mass is 10.2. The maximum absolute atomic E-state index is 12.5. The highest BCUT2D eigenvalue weighted by atomic mass is 35.5. The van der Waals surface area contributed by atoms with E-state index in [2.05, 4.69) is 5.32 Å². The summed E-state index contributed by atoms with van der Waals surface area (Å²) in [7, 11) is -3.48. The van der Waals surface area contributed by atoms with Crippen molar-refractivity contribution in [3.63, 3.8) is 0 Å². The van der Waals surface area contributed by atoms with Gasteiger partial charge in [0.05, 0.1) is 5.02 Å². The lowest BCUT2D eigenvalue weighted by Crippen LogP contribution is -2.51. The molecule has 4 nitrogen and oxygen atoms in total. The maximum Gasteiger partial charge on any atom is 0.244 e. The van der Waals surface area contributed by atoms with Gasteiger partial charge in [-0.15, -0.1) is 0 Å². The standard InChI is InChI=1S/C12H17ClN2O2S/c1-9-3-4-12(11(13)7-9)18(16,17)15-6-5-14-10(2)8-15/h3-4,7,10,14H,5-6,8H2,1-2H3. The Morgan fingerprint density at radius 2 is 2.17 bits per heavy atom. The molecule has 1 aromatic rings. The van der Waals surface area contributed by atoms with Gasteiger partial charge in [-0.25, -0.2) is 8.42 Å². The molecule has 1 atom stereocenters. The van der Waals surface area contributed by atoms with E-state index in [1.54, 1.807) is 18.2 Å². The van der Waals surface area contributed by atoms with Crippen LogP contribution in [0.4, 0.5) is 0 Å². The average Bonchev–Trinajstić information content (AvgIpc) is 2.28. The highest BCUT2D eigenvalue weighted by Gasteiger charge is 2.29. The zero-order valence-electron chi connectivity index (χ0n) is 10.5. The Kier molecular flexibility index (Phi) is 3.96. The van der Waals surface area contributed by atoms with E-state index in [4.69, 9.17) is 11.6 Å². The number of sulfonamides is 1. The second-order valence-electron chi connectivity index (χ2n) is 4.65. The molecule has 1 saturated heterocycles. The summed E-state index contributed by atoms with van der Waals surface area (Å²) >= 11 is 6.05. The Balaban J connectivity index is 2.35. The molecule has 0 aromatic heterocycles. The van der Waals surface area contributed by atoms with E-state index in [-0.39, 0.29) is 10.9 Å². The molecule has 18 heavy (non-hydrogen) atoms. The topological polar surface area (TPSA) is 49.4 Å². The third kappa shape index (κ3) is 2.69. The molecule has 0 saturated carbocycles. The summed E-state index contributed by atoms with van der Waals surface area (Å²) in [6, 6.07) is 5.20. The van der Waals surface area contributed by atoms with E-state index in [0.717, 1.165) is 5.56 Å². The highest BCUT2D eigenvalue weighted by Crippen LogP contribution is 2.26. The van der Waals surface area contributed by atoms with Gasteiger partial charge < -0.3 is 5.32 Å². The fraction of sp³-hybridized carbons (Fsp3) is 0.500. The minimum atomic E-state index is -3.48. The van der Waals surface area contributed by atoms with Crippen LogP contribution in [0.3, 0.4) is 0 Å². The number of hydrogen-bond acceptors (Lipinski definition) is 3. The van der Waals surface area contributed by atoms with Gasteiger partial charge in [0.15, 0.2) is 0 Å². The van der Waals surface area contributed by atoms with Gasteiger partial charge in [-0.3, -0.25) is 0 Å². The van der Waals surface area contributed by atoms with Crippen LogP contribution in [0, 0.1) is 6.92 Å². The fourth-order valence-corrected chi connectivity index (χ4v) is 4.17. The largest absolute Gasteiger partial charge is 0.312 e. The molecule has 2 rings (SSSR count). The van der Waals surface area contributed by atoms with Gasteiger partial charge in [-0.1, -0.05) is 17.7 Å². The molecule has 1 aromatic carbocycles. The Bertz CT molecular complexity index is 545. The summed E-state index contributed by atoms with van der Waals surface area (Å²) in [5.74, 6) is 0.